The normalized spacial score (nSPS) is 15.7. The highest BCUT2D eigenvalue weighted by Gasteiger charge is 2.15. The standard InChI is InChI=1S/C12H20N4O3/c1-2-3-6-19-9-10-13-11(15-12(17)14-10)16-4-7-18-8-5-16/h2-9H2,1H3,(H,13,14,15,17). The summed E-state index contributed by atoms with van der Waals surface area (Å²) in [5.41, 5.74) is -0.384. The van der Waals surface area contributed by atoms with Crippen molar-refractivity contribution in [3.05, 3.63) is 16.3 Å². The Bertz CT molecular complexity index is 443. The molecule has 1 aromatic heterocycles. The van der Waals surface area contributed by atoms with Crippen LogP contribution in [0.5, 0.6) is 0 Å². The predicted molar refractivity (Wildman–Crippen MR) is 70.2 cm³/mol. The van der Waals surface area contributed by atoms with Crippen molar-refractivity contribution >= 4 is 5.95 Å². The highest BCUT2D eigenvalue weighted by Crippen LogP contribution is 2.07. The van der Waals surface area contributed by atoms with Crippen LogP contribution in [0.3, 0.4) is 0 Å². The average molecular weight is 268 g/mol. The smallest absolute Gasteiger partial charge is 0.349 e. The first-order valence-corrected chi connectivity index (χ1v) is 6.67. The Morgan fingerprint density at radius 2 is 2.16 bits per heavy atom. The molecular weight excluding hydrogens is 248 g/mol. The SMILES string of the molecule is CCCCOCc1nc(N2CCOCC2)nc(=O)[nH]1. The molecule has 0 aliphatic carbocycles. The Kier molecular flexibility index (Phi) is 5.29. The van der Waals surface area contributed by atoms with Crippen LogP contribution >= 0.6 is 0 Å². The molecule has 1 saturated heterocycles. The zero-order chi connectivity index (χ0) is 13.5. The lowest BCUT2D eigenvalue weighted by Crippen LogP contribution is -2.38. The van der Waals surface area contributed by atoms with Crippen LogP contribution in [0.1, 0.15) is 25.6 Å². The van der Waals surface area contributed by atoms with E-state index in [2.05, 4.69) is 21.9 Å². The zero-order valence-electron chi connectivity index (χ0n) is 11.2. The van der Waals surface area contributed by atoms with Gasteiger partial charge in [0.15, 0.2) is 0 Å². The number of rotatable bonds is 6. The third-order valence-electron chi connectivity index (χ3n) is 2.86. The van der Waals surface area contributed by atoms with Crippen LogP contribution in [0.4, 0.5) is 5.95 Å². The second-order valence-corrected chi connectivity index (χ2v) is 4.41. The summed E-state index contributed by atoms with van der Waals surface area (Å²) in [6.07, 6.45) is 2.09. The number of H-pyrrole nitrogens is 1. The van der Waals surface area contributed by atoms with E-state index in [1.807, 2.05) is 4.90 Å². The van der Waals surface area contributed by atoms with E-state index in [4.69, 9.17) is 9.47 Å². The summed E-state index contributed by atoms with van der Waals surface area (Å²) in [6.45, 7) is 5.78. The molecule has 7 nitrogen and oxygen atoms in total. The van der Waals surface area contributed by atoms with Gasteiger partial charge in [-0.2, -0.15) is 9.97 Å². The molecule has 1 aliphatic rings. The fourth-order valence-electron chi connectivity index (χ4n) is 1.80. The second kappa shape index (κ2) is 7.20. The number of nitrogens with zero attached hydrogens (tertiary/aromatic N) is 3. The number of aromatic nitrogens is 3. The lowest BCUT2D eigenvalue weighted by molar-refractivity contribution is 0.111. The molecule has 19 heavy (non-hydrogen) atoms. The van der Waals surface area contributed by atoms with Gasteiger partial charge in [0.05, 0.1) is 13.2 Å². The molecule has 0 spiro atoms. The van der Waals surface area contributed by atoms with Gasteiger partial charge in [-0.15, -0.1) is 0 Å². The minimum atomic E-state index is -0.384. The maximum Gasteiger partial charge on any atom is 0.349 e. The molecule has 0 aromatic carbocycles. The quantitative estimate of drug-likeness (QED) is 0.748. The van der Waals surface area contributed by atoms with E-state index in [1.54, 1.807) is 0 Å². The van der Waals surface area contributed by atoms with Crippen molar-refractivity contribution in [3.8, 4) is 0 Å². The molecule has 1 aromatic rings. The van der Waals surface area contributed by atoms with Gasteiger partial charge in [0.25, 0.3) is 0 Å². The van der Waals surface area contributed by atoms with Crippen molar-refractivity contribution in [1.82, 2.24) is 15.0 Å². The van der Waals surface area contributed by atoms with Crippen molar-refractivity contribution in [1.29, 1.82) is 0 Å². The lowest BCUT2D eigenvalue weighted by atomic mass is 10.4. The fourth-order valence-corrected chi connectivity index (χ4v) is 1.80. The van der Waals surface area contributed by atoms with Gasteiger partial charge >= 0.3 is 5.69 Å². The molecular formula is C12H20N4O3. The molecule has 0 atom stereocenters. The molecule has 106 valence electrons. The van der Waals surface area contributed by atoms with E-state index in [0.29, 0.717) is 51.3 Å². The van der Waals surface area contributed by atoms with Gasteiger partial charge in [-0.05, 0) is 6.42 Å². The summed E-state index contributed by atoms with van der Waals surface area (Å²) in [5, 5.41) is 0. The van der Waals surface area contributed by atoms with Gasteiger partial charge in [-0.3, -0.25) is 4.98 Å². The van der Waals surface area contributed by atoms with Crippen molar-refractivity contribution in [2.45, 2.75) is 26.4 Å². The highest BCUT2D eigenvalue weighted by molar-refractivity contribution is 5.28. The Balaban J connectivity index is 1.99. The molecule has 2 rings (SSSR count). The first kappa shape index (κ1) is 14.0. The molecule has 1 fully saturated rings. The molecule has 1 N–H and O–H groups in total. The second-order valence-electron chi connectivity index (χ2n) is 4.41. The summed E-state index contributed by atoms with van der Waals surface area (Å²) < 4.78 is 10.7. The fraction of sp³-hybridized carbons (Fsp3) is 0.750. The minimum absolute atomic E-state index is 0.315. The first-order valence-electron chi connectivity index (χ1n) is 6.67. The summed E-state index contributed by atoms with van der Waals surface area (Å²) >= 11 is 0. The van der Waals surface area contributed by atoms with Crippen LogP contribution in [-0.4, -0.2) is 47.9 Å². The molecule has 0 saturated carbocycles. The van der Waals surface area contributed by atoms with Crippen LogP contribution < -0.4 is 10.6 Å². The number of unbranched alkanes of at least 4 members (excludes halogenated alkanes) is 1. The van der Waals surface area contributed by atoms with Gasteiger partial charge in [0.2, 0.25) is 5.95 Å². The first-order chi connectivity index (χ1) is 9.29. The van der Waals surface area contributed by atoms with Crippen LogP contribution in [0.25, 0.3) is 0 Å². The monoisotopic (exact) mass is 268 g/mol. The van der Waals surface area contributed by atoms with Gasteiger partial charge in [0, 0.05) is 19.7 Å². The van der Waals surface area contributed by atoms with E-state index in [-0.39, 0.29) is 5.69 Å². The number of hydrogen-bond donors (Lipinski definition) is 1. The number of morpholine rings is 1. The van der Waals surface area contributed by atoms with Crippen molar-refractivity contribution in [3.63, 3.8) is 0 Å². The number of anilines is 1. The number of hydrogen-bond acceptors (Lipinski definition) is 6. The minimum Gasteiger partial charge on any atom is -0.378 e. The highest BCUT2D eigenvalue weighted by atomic mass is 16.5. The topological polar surface area (TPSA) is 80.3 Å². The molecule has 0 amide bonds. The molecule has 0 bridgehead atoms. The van der Waals surface area contributed by atoms with E-state index >= 15 is 0 Å². The van der Waals surface area contributed by atoms with Gasteiger partial charge in [-0.25, -0.2) is 4.79 Å². The third-order valence-corrected chi connectivity index (χ3v) is 2.86. The van der Waals surface area contributed by atoms with E-state index < -0.39 is 0 Å². The summed E-state index contributed by atoms with van der Waals surface area (Å²) in [7, 11) is 0. The zero-order valence-corrected chi connectivity index (χ0v) is 11.2. The van der Waals surface area contributed by atoms with Crippen LogP contribution in [0.15, 0.2) is 4.79 Å². The Labute approximate surface area is 112 Å². The number of nitrogens with one attached hydrogen (secondary N) is 1. The molecule has 7 heteroatoms. The maximum absolute atomic E-state index is 11.5. The number of aromatic amines is 1. The van der Waals surface area contributed by atoms with Gasteiger partial charge in [-0.1, -0.05) is 13.3 Å². The maximum atomic E-state index is 11.5. The number of ether oxygens (including phenoxy) is 2. The van der Waals surface area contributed by atoms with E-state index in [0.717, 1.165) is 12.8 Å². The molecule has 2 heterocycles. The van der Waals surface area contributed by atoms with E-state index in [9.17, 15) is 4.79 Å². The average Bonchev–Trinajstić information content (AvgIpc) is 2.44. The van der Waals surface area contributed by atoms with Crippen LogP contribution in [0, 0.1) is 0 Å². The lowest BCUT2D eigenvalue weighted by Gasteiger charge is -2.26. The summed E-state index contributed by atoms with van der Waals surface area (Å²) in [5.74, 6) is 0.985. The van der Waals surface area contributed by atoms with Crippen LogP contribution in [0.2, 0.25) is 0 Å². The van der Waals surface area contributed by atoms with Crippen LogP contribution in [-0.2, 0) is 16.1 Å². The van der Waals surface area contributed by atoms with Crippen molar-refractivity contribution in [2.24, 2.45) is 0 Å². The van der Waals surface area contributed by atoms with Crippen molar-refractivity contribution < 1.29 is 9.47 Å². The Morgan fingerprint density at radius 3 is 2.89 bits per heavy atom. The van der Waals surface area contributed by atoms with E-state index in [1.165, 1.54) is 0 Å². The largest absolute Gasteiger partial charge is 0.378 e. The van der Waals surface area contributed by atoms with Gasteiger partial charge in [0.1, 0.15) is 12.4 Å². The summed E-state index contributed by atoms with van der Waals surface area (Å²) in [6, 6.07) is 0. The molecule has 0 unspecified atom stereocenters. The third kappa shape index (κ3) is 4.29. The summed E-state index contributed by atoms with van der Waals surface area (Å²) in [4.78, 5) is 24.3. The molecule has 0 radical (unpaired) electrons. The predicted octanol–water partition coefficient (Wildman–Crippen LogP) is 0.318. The molecule has 1 aliphatic heterocycles. The van der Waals surface area contributed by atoms with Gasteiger partial charge < -0.3 is 14.4 Å². The Hall–Kier alpha value is -1.47. The van der Waals surface area contributed by atoms with Crippen molar-refractivity contribution in [2.75, 3.05) is 37.8 Å². The Morgan fingerprint density at radius 1 is 1.37 bits per heavy atom.